The normalized spacial score (nSPS) is 18.7. The third-order valence-corrected chi connectivity index (χ3v) is 5.06. The molecule has 2 aromatic rings. The number of nitrogens with zero attached hydrogens (tertiary/aromatic N) is 2. The van der Waals surface area contributed by atoms with Gasteiger partial charge in [0.2, 0.25) is 0 Å². The van der Waals surface area contributed by atoms with Crippen LogP contribution < -0.4 is 0 Å². The molecule has 6 heteroatoms. The first-order chi connectivity index (χ1) is 13.8. The third-order valence-electron chi connectivity index (χ3n) is 5.06. The molecule has 1 heterocycles. The Balaban J connectivity index is 2.07. The zero-order valence-electron chi connectivity index (χ0n) is 16.9. The Morgan fingerprint density at radius 1 is 1.07 bits per heavy atom. The Bertz CT molecular complexity index is 934. The van der Waals surface area contributed by atoms with Gasteiger partial charge in [0.05, 0.1) is 11.6 Å². The van der Waals surface area contributed by atoms with Gasteiger partial charge < -0.3 is 14.9 Å². The Hall–Kier alpha value is -2.99. The van der Waals surface area contributed by atoms with Crippen molar-refractivity contribution in [2.24, 2.45) is 0 Å². The minimum Gasteiger partial charge on any atom is -0.507 e. The summed E-state index contributed by atoms with van der Waals surface area (Å²) in [5, 5.41) is 10.9. The van der Waals surface area contributed by atoms with Gasteiger partial charge in [0.25, 0.3) is 11.7 Å². The van der Waals surface area contributed by atoms with E-state index in [2.05, 4.69) is 0 Å². The molecule has 1 aliphatic heterocycles. The molecule has 0 spiro atoms. The molecule has 0 bridgehead atoms. The smallest absolute Gasteiger partial charge is 0.295 e. The molecule has 0 radical (unpaired) electrons. The number of hydrogen-bond donors (Lipinski definition) is 1. The summed E-state index contributed by atoms with van der Waals surface area (Å²) >= 11 is 0. The number of Topliss-reactive ketones (excluding diaryl/α,β-unsaturated/α-hetero) is 1. The van der Waals surface area contributed by atoms with Crippen molar-refractivity contribution in [3.8, 4) is 0 Å². The van der Waals surface area contributed by atoms with Crippen LogP contribution in [0.1, 0.15) is 29.2 Å². The number of aryl methyl sites for hydroxylation is 1. The molecule has 0 saturated carbocycles. The molecule has 29 heavy (non-hydrogen) atoms. The molecule has 3 rings (SSSR count). The lowest BCUT2D eigenvalue weighted by molar-refractivity contribution is -0.139. The van der Waals surface area contributed by atoms with Crippen LogP contribution in [0, 0.1) is 12.7 Å². The Morgan fingerprint density at radius 3 is 2.28 bits per heavy atom. The average Bonchev–Trinajstić information content (AvgIpc) is 2.93. The maximum absolute atomic E-state index is 13.5. The van der Waals surface area contributed by atoms with E-state index in [-0.39, 0.29) is 11.3 Å². The van der Waals surface area contributed by atoms with Gasteiger partial charge in [-0.25, -0.2) is 4.39 Å². The highest BCUT2D eigenvalue weighted by Gasteiger charge is 2.45. The van der Waals surface area contributed by atoms with E-state index in [4.69, 9.17) is 0 Å². The van der Waals surface area contributed by atoms with Crippen LogP contribution in [-0.2, 0) is 9.59 Å². The average molecular weight is 396 g/mol. The molecule has 1 saturated heterocycles. The van der Waals surface area contributed by atoms with Crippen LogP contribution >= 0.6 is 0 Å². The van der Waals surface area contributed by atoms with Gasteiger partial charge in [0, 0.05) is 12.1 Å². The van der Waals surface area contributed by atoms with Crippen LogP contribution in [0.2, 0.25) is 0 Å². The van der Waals surface area contributed by atoms with Crippen LogP contribution in [0.5, 0.6) is 0 Å². The quantitative estimate of drug-likeness (QED) is 0.461. The number of benzene rings is 2. The number of rotatable bonds is 6. The fourth-order valence-electron chi connectivity index (χ4n) is 3.53. The van der Waals surface area contributed by atoms with Gasteiger partial charge in [-0.1, -0.05) is 42.0 Å². The number of carbonyl (C=O) groups excluding carboxylic acids is 2. The van der Waals surface area contributed by atoms with Crippen LogP contribution in [0.25, 0.3) is 5.76 Å². The first-order valence-corrected chi connectivity index (χ1v) is 9.55. The molecule has 2 aromatic carbocycles. The number of hydrogen-bond acceptors (Lipinski definition) is 4. The summed E-state index contributed by atoms with van der Waals surface area (Å²) in [7, 11) is 3.87. The topological polar surface area (TPSA) is 60.9 Å². The monoisotopic (exact) mass is 396 g/mol. The predicted octanol–water partition coefficient (Wildman–Crippen LogP) is 3.51. The zero-order chi connectivity index (χ0) is 21.1. The van der Waals surface area contributed by atoms with Crippen molar-refractivity contribution in [3.05, 3.63) is 76.6 Å². The van der Waals surface area contributed by atoms with E-state index in [1.807, 2.05) is 38.1 Å². The summed E-state index contributed by atoms with van der Waals surface area (Å²) in [5.74, 6) is -1.99. The molecule has 1 atom stereocenters. The predicted molar refractivity (Wildman–Crippen MR) is 110 cm³/mol. The second-order valence-electron chi connectivity index (χ2n) is 7.57. The summed E-state index contributed by atoms with van der Waals surface area (Å²) < 4.78 is 13.5. The molecule has 5 nitrogen and oxygen atoms in total. The van der Waals surface area contributed by atoms with E-state index in [0.717, 1.165) is 12.1 Å². The highest BCUT2D eigenvalue weighted by atomic mass is 19.1. The van der Waals surface area contributed by atoms with Gasteiger partial charge in [-0.3, -0.25) is 9.59 Å². The van der Waals surface area contributed by atoms with Crippen molar-refractivity contribution in [3.63, 3.8) is 0 Å². The standard InChI is InChI=1S/C23H25FN2O3/c1-15-5-7-17(8-6-15)21(27)19-20(16-9-11-18(24)12-10-16)26(23(29)22(19)28)14-4-13-25(2)3/h5-12,20,27H,4,13-14H2,1-3H3. The number of likely N-dealkylation sites (tertiary alicyclic amines) is 1. The zero-order valence-corrected chi connectivity index (χ0v) is 16.9. The van der Waals surface area contributed by atoms with Gasteiger partial charge in [0.15, 0.2) is 0 Å². The first-order valence-electron chi connectivity index (χ1n) is 9.55. The number of carbonyl (C=O) groups is 2. The van der Waals surface area contributed by atoms with E-state index < -0.39 is 23.5 Å². The number of amides is 1. The lowest BCUT2D eigenvalue weighted by Crippen LogP contribution is -2.32. The summed E-state index contributed by atoms with van der Waals surface area (Å²) in [4.78, 5) is 29.1. The number of ketones is 1. The summed E-state index contributed by atoms with van der Waals surface area (Å²) in [5.41, 5.74) is 2.11. The summed E-state index contributed by atoms with van der Waals surface area (Å²) in [6.07, 6.45) is 0.669. The van der Waals surface area contributed by atoms with Crippen LogP contribution in [-0.4, -0.2) is 53.8 Å². The molecule has 152 valence electrons. The minimum absolute atomic E-state index is 0.0373. The fraction of sp³-hybridized carbons (Fsp3) is 0.304. The minimum atomic E-state index is -0.751. The number of aliphatic hydroxyl groups excluding tert-OH is 1. The molecule has 0 aromatic heterocycles. The second-order valence-corrected chi connectivity index (χ2v) is 7.57. The molecule has 1 amide bonds. The Morgan fingerprint density at radius 2 is 1.69 bits per heavy atom. The second kappa shape index (κ2) is 8.57. The van der Waals surface area contributed by atoms with Crippen molar-refractivity contribution < 1.29 is 19.1 Å². The molecular formula is C23H25FN2O3. The van der Waals surface area contributed by atoms with Crippen LogP contribution in [0.15, 0.2) is 54.1 Å². The van der Waals surface area contributed by atoms with E-state index in [0.29, 0.717) is 24.1 Å². The van der Waals surface area contributed by atoms with E-state index >= 15 is 0 Å². The molecular weight excluding hydrogens is 371 g/mol. The SMILES string of the molecule is Cc1ccc(C(O)=C2C(=O)C(=O)N(CCCN(C)C)C2c2ccc(F)cc2)cc1. The maximum atomic E-state index is 13.5. The van der Waals surface area contributed by atoms with E-state index in [1.54, 1.807) is 24.3 Å². The van der Waals surface area contributed by atoms with Gasteiger partial charge in [-0.15, -0.1) is 0 Å². The summed E-state index contributed by atoms with van der Waals surface area (Å²) in [6.45, 7) is 3.03. The molecule has 1 unspecified atom stereocenters. The largest absolute Gasteiger partial charge is 0.507 e. The number of aliphatic hydroxyl groups is 1. The Kier molecular flexibility index (Phi) is 6.13. The highest BCUT2D eigenvalue weighted by molar-refractivity contribution is 6.46. The van der Waals surface area contributed by atoms with Crippen molar-refractivity contribution in [2.75, 3.05) is 27.2 Å². The lowest BCUT2D eigenvalue weighted by atomic mass is 9.95. The van der Waals surface area contributed by atoms with Crippen molar-refractivity contribution in [2.45, 2.75) is 19.4 Å². The van der Waals surface area contributed by atoms with Crippen LogP contribution in [0.4, 0.5) is 4.39 Å². The Labute approximate surface area is 170 Å². The third kappa shape index (κ3) is 4.38. The molecule has 1 N–H and O–H groups in total. The van der Waals surface area contributed by atoms with Gasteiger partial charge in [-0.05, 0) is 51.7 Å². The van der Waals surface area contributed by atoms with E-state index in [1.165, 1.54) is 17.0 Å². The fourth-order valence-corrected chi connectivity index (χ4v) is 3.53. The van der Waals surface area contributed by atoms with Crippen molar-refractivity contribution in [1.82, 2.24) is 9.80 Å². The van der Waals surface area contributed by atoms with Gasteiger partial charge in [0.1, 0.15) is 11.6 Å². The van der Waals surface area contributed by atoms with E-state index in [9.17, 15) is 19.1 Å². The molecule has 0 aliphatic carbocycles. The molecule has 1 fully saturated rings. The number of halogens is 1. The lowest BCUT2D eigenvalue weighted by Gasteiger charge is -2.26. The molecule has 1 aliphatic rings. The van der Waals surface area contributed by atoms with Crippen molar-refractivity contribution >= 4 is 17.4 Å². The summed E-state index contributed by atoms with van der Waals surface area (Å²) in [6, 6.07) is 12.0. The first kappa shape index (κ1) is 20.7. The van der Waals surface area contributed by atoms with Crippen molar-refractivity contribution in [1.29, 1.82) is 0 Å². The highest BCUT2D eigenvalue weighted by Crippen LogP contribution is 2.39. The maximum Gasteiger partial charge on any atom is 0.295 e. The van der Waals surface area contributed by atoms with Gasteiger partial charge >= 0.3 is 0 Å². The van der Waals surface area contributed by atoms with Gasteiger partial charge in [-0.2, -0.15) is 0 Å². The van der Waals surface area contributed by atoms with Crippen LogP contribution in [0.3, 0.4) is 0 Å².